The Morgan fingerprint density at radius 3 is 2.50 bits per heavy atom. The number of ether oxygens (including phenoxy) is 1. The van der Waals surface area contributed by atoms with Gasteiger partial charge in [-0.25, -0.2) is 0 Å². The first-order valence-electron chi connectivity index (χ1n) is 6.22. The van der Waals surface area contributed by atoms with Crippen molar-refractivity contribution in [1.82, 2.24) is 0 Å². The zero-order valence-corrected chi connectivity index (χ0v) is 13.1. The minimum absolute atomic E-state index is 0.263. The molecule has 0 bridgehead atoms. The summed E-state index contributed by atoms with van der Waals surface area (Å²) in [5.74, 6) is 0. The molecule has 1 aromatic carbocycles. The van der Waals surface area contributed by atoms with Gasteiger partial charge in [0, 0.05) is 18.1 Å². The topological polar surface area (TPSA) is 32.7 Å². The highest BCUT2D eigenvalue weighted by atomic mass is 79.9. The maximum absolute atomic E-state index is 9.53. The summed E-state index contributed by atoms with van der Waals surface area (Å²) < 4.78 is 6.53. The summed E-state index contributed by atoms with van der Waals surface area (Å²) in [7, 11) is 2.03. The number of rotatable bonds is 6. The molecular formula is C14H22BrNO2. The van der Waals surface area contributed by atoms with Crippen LogP contribution in [-0.4, -0.2) is 31.4 Å². The number of halogens is 1. The van der Waals surface area contributed by atoms with Crippen LogP contribution < -0.4 is 4.90 Å². The van der Waals surface area contributed by atoms with Crippen LogP contribution in [0.1, 0.15) is 32.4 Å². The third kappa shape index (κ3) is 4.59. The van der Waals surface area contributed by atoms with E-state index in [4.69, 9.17) is 4.74 Å². The molecule has 0 aromatic heterocycles. The Balaban J connectivity index is 2.65. The van der Waals surface area contributed by atoms with Gasteiger partial charge in [0.15, 0.2) is 0 Å². The van der Waals surface area contributed by atoms with Crippen molar-refractivity contribution in [2.45, 2.75) is 33.0 Å². The fourth-order valence-electron chi connectivity index (χ4n) is 1.64. The van der Waals surface area contributed by atoms with E-state index < -0.39 is 6.10 Å². The van der Waals surface area contributed by atoms with Crippen LogP contribution in [0.25, 0.3) is 0 Å². The number of hydrogen-bond donors (Lipinski definition) is 1. The molecule has 0 unspecified atom stereocenters. The number of likely N-dealkylation sites (N-methyl/N-ethyl adjacent to an activating group) is 1. The highest BCUT2D eigenvalue weighted by Crippen LogP contribution is 2.28. The molecule has 1 atom stereocenters. The second kappa shape index (κ2) is 7.12. The molecule has 3 nitrogen and oxygen atoms in total. The van der Waals surface area contributed by atoms with Gasteiger partial charge in [-0.05, 0) is 54.4 Å². The number of anilines is 1. The van der Waals surface area contributed by atoms with Crippen LogP contribution in [0.15, 0.2) is 22.7 Å². The lowest BCUT2D eigenvalue weighted by Gasteiger charge is -2.22. The molecule has 0 saturated carbocycles. The van der Waals surface area contributed by atoms with Crippen LogP contribution in [0.3, 0.4) is 0 Å². The SMILES string of the molecule is CC(C)OCCN(C)c1ccc([C@H](C)O)cc1Br. The molecular weight excluding hydrogens is 294 g/mol. The van der Waals surface area contributed by atoms with Gasteiger partial charge in [0.2, 0.25) is 0 Å². The van der Waals surface area contributed by atoms with Gasteiger partial charge in [-0.1, -0.05) is 6.07 Å². The predicted molar refractivity (Wildman–Crippen MR) is 79.1 cm³/mol. The fraction of sp³-hybridized carbons (Fsp3) is 0.571. The zero-order chi connectivity index (χ0) is 13.7. The van der Waals surface area contributed by atoms with E-state index in [1.54, 1.807) is 6.92 Å². The van der Waals surface area contributed by atoms with E-state index >= 15 is 0 Å². The minimum atomic E-state index is -0.440. The van der Waals surface area contributed by atoms with Crippen LogP contribution in [0.2, 0.25) is 0 Å². The average molecular weight is 316 g/mol. The van der Waals surface area contributed by atoms with E-state index in [1.807, 2.05) is 39.1 Å². The van der Waals surface area contributed by atoms with Crippen molar-refractivity contribution >= 4 is 21.6 Å². The van der Waals surface area contributed by atoms with Crippen LogP contribution in [0.4, 0.5) is 5.69 Å². The summed E-state index contributed by atoms with van der Waals surface area (Å²) in [5, 5.41) is 9.53. The smallest absolute Gasteiger partial charge is 0.0762 e. The lowest BCUT2D eigenvalue weighted by molar-refractivity contribution is 0.0846. The molecule has 0 fully saturated rings. The molecule has 1 N–H and O–H groups in total. The molecule has 18 heavy (non-hydrogen) atoms. The Kier molecular flexibility index (Phi) is 6.12. The normalized spacial score (nSPS) is 12.8. The van der Waals surface area contributed by atoms with E-state index in [1.165, 1.54) is 0 Å². The number of benzene rings is 1. The largest absolute Gasteiger partial charge is 0.389 e. The van der Waals surface area contributed by atoms with Crippen molar-refractivity contribution in [2.75, 3.05) is 25.1 Å². The maximum atomic E-state index is 9.53. The summed E-state index contributed by atoms with van der Waals surface area (Å²) in [6.45, 7) is 7.38. The predicted octanol–water partition coefficient (Wildman–Crippen LogP) is 3.36. The van der Waals surface area contributed by atoms with Gasteiger partial charge in [-0.2, -0.15) is 0 Å². The van der Waals surface area contributed by atoms with Gasteiger partial charge in [0.05, 0.1) is 24.5 Å². The lowest BCUT2D eigenvalue weighted by Crippen LogP contribution is -2.24. The Labute approximate surface area is 118 Å². The number of nitrogens with zero attached hydrogens (tertiary/aromatic N) is 1. The van der Waals surface area contributed by atoms with Gasteiger partial charge in [-0.15, -0.1) is 0 Å². The quantitative estimate of drug-likeness (QED) is 0.873. The second-order valence-electron chi connectivity index (χ2n) is 4.73. The third-order valence-electron chi connectivity index (χ3n) is 2.74. The molecule has 102 valence electrons. The zero-order valence-electron chi connectivity index (χ0n) is 11.5. The molecule has 0 spiro atoms. The fourth-order valence-corrected chi connectivity index (χ4v) is 2.34. The van der Waals surface area contributed by atoms with Crippen molar-refractivity contribution in [3.05, 3.63) is 28.2 Å². The molecule has 0 amide bonds. The van der Waals surface area contributed by atoms with Crippen LogP contribution in [-0.2, 0) is 4.74 Å². The van der Waals surface area contributed by atoms with Gasteiger partial charge >= 0.3 is 0 Å². The lowest BCUT2D eigenvalue weighted by atomic mass is 10.1. The third-order valence-corrected chi connectivity index (χ3v) is 3.38. The van der Waals surface area contributed by atoms with Crippen molar-refractivity contribution in [1.29, 1.82) is 0 Å². The molecule has 0 aliphatic carbocycles. The number of hydrogen-bond acceptors (Lipinski definition) is 3. The van der Waals surface area contributed by atoms with Gasteiger partial charge < -0.3 is 14.7 Å². The van der Waals surface area contributed by atoms with Crippen molar-refractivity contribution in [3.63, 3.8) is 0 Å². The molecule has 0 aliphatic rings. The molecule has 0 aliphatic heterocycles. The van der Waals surface area contributed by atoms with Crippen LogP contribution in [0.5, 0.6) is 0 Å². The highest BCUT2D eigenvalue weighted by Gasteiger charge is 2.09. The van der Waals surface area contributed by atoms with E-state index in [-0.39, 0.29) is 6.10 Å². The number of aliphatic hydroxyl groups is 1. The first kappa shape index (κ1) is 15.5. The highest BCUT2D eigenvalue weighted by molar-refractivity contribution is 9.10. The number of aliphatic hydroxyl groups excluding tert-OH is 1. The summed E-state index contributed by atoms with van der Waals surface area (Å²) >= 11 is 3.54. The summed E-state index contributed by atoms with van der Waals surface area (Å²) in [4.78, 5) is 2.14. The minimum Gasteiger partial charge on any atom is -0.389 e. The Morgan fingerprint density at radius 2 is 2.00 bits per heavy atom. The van der Waals surface area contributed by atoms with Crippen LogP contribution >= 0.6 is 15.9 Å². The Hall–Kier alpha value is -0.580. The monoisotopic (exact) mass is 315 g/mol. The van der Waals surface area contributed by atoms with Gasteiger partial charge in [-0.3, -0.25) is 0 Å². The molecule has 4 heteroatoms. The first-order chi connectivity index (χ1) is 8.41. The molecule has 0 saturated heterocycles. The van der Waals surface area contributed by atoms with Crippen LogP contribution in [0, 0.1) is 0 Å². The van der Waals surface area contributed by atoms with Gasteiger partial charge in [0.25, 0.3) is 0 Å². The van der Waals surface area contributed by atoms with E-state index in [0.717, 1.165) is 22.3 Å². The maximum Gasteiger partial charge on any atom is 0.0762 e. The molecule has 0 heterocycles. The molecule has 0 radical (unpaired) electrons. The molecule has 1 rings (SSSR count). The Bertz CT molecular complexity index is 380. The average Bonchev–Trinajstić information content (AvgIpc) is 2.27. The second-order valence-corrected chi connectivity index (χ2v) is 5.58. The van der Waals surface area contributed by atoms with E-state index in [0.29, 0.717) is 6.61 Å². The van der Waals surface area contributed by atoms with Gasteiger partial charge in [0.1, 0.15) is 0 Å². The first-order valence-corrected chi connectivity index (χ1v) is 7.01. The van der Waals surface area contributed by atoms with E-state index in [2.05, 4.69) is 20.8 Å². The standard InChI is InChI=1S/C14H22BrNO2/c1-10(2)18-8-7-16(4)14-6-5-12(11(3)17)9-13(14)15/h5-6,9-11,17H,7-8H2,1-4H3/t11-/m0/s1. The van der Waals surface area contributed by atoms with Crippen molar-refractivity contribution in [3.8, 4) is 0 Å². The summed E-state index contributed by atoms with van der Waals surface area (Å²) in [5.41, 5.74) is 2.02. The van der Waals surface area contributed by atoms with Crippen molar-refractivity contribution in [2.24, 2.45) is 0 Å². The van der Waals surface area contributed by atoms with E-state index in [9.17, 15) is 5.11 Å². The summed E-state index contributed by atoms with van der Waals surface area (Å²) in [6.07, 6.45) is -0.176. The van der Waals surface area contributed by atoms with Crippen molar-refractivity contribution < 1.29 is 9.84 Å². The Morgan fingerprint density at radius 1 is 1.33 bits per heavy atom. The molecule has 1 aromatic rings. The summed E-state index contributed by atoms with van der Waals surface area (Å²) in [6, 6.07) is 5.92.